The molecule has 0 radical (unpaired) electrons. The number of pyridine rings is 1. The van der Waals surface area contributed by atoms with Crippen LogP contribution < -0.4 is 11.1 Å². The van der Waals surface area contributed by atoms with E-state index in [1.54, 1.807) is 0 Å². The minimum Gasteiger partial charge on any atom is -0.398 e. The molecule has 3 heteroatoms. The molecular weight excluding hydrogens is 234 g/mol. The summed E-state index contributed by atoms with van der Waals surface area (Å²) in [6.45, 7) is 0.679. The summed E-state index contributed by atoms with van der Waals surface area (Å²) in [4.78, 5) is 4.57. The number of hydrogen-bond acceptors (Lipinski definition) is 3. The van der Waals surface area contributed by atoms with Crippen LogP contribution >= 0.6 is 0 Å². The zero-order chi connectivity index (χ0) is 13.1. The molecule has 0 atom stereocenters. The summed E-state index contributed by atoms with van der Waals surface area (Å²) < 4.78 is 0. The van der Waals surface area contributed by atoms with Crippen molar-refractivity contribution in [2.24, 2.45) is 0 Å². The third-order valence-electron chi connectivity index (χ3n) is 3.11. The van der Waals surface area contributed by atoms with Crippen molar-refractivity contribution in [2.45, 2.75) is 6.54 Å². The molecule has 3 nitrogen and oxygen atoms in total. The number of nitrogens with one attached hydrogen (secondary N) is 1. The number of hydrogen-bond donors (Lipinski definition) is 2. The Bertz CT molecular complexity index is 707. The van der Waals surface area contributed by atoms with Crippen molar-refractivity contribution in [2.75, 3.05) is 11.1 Å². The highest BCUT2D eigenvalue weighted by Gasteiger charge is 2.00. The fourth-order valence-electron chi connectivity index (χ4n) is 2.05. The first-order chi connectivity index (χ1) is 9.33. The van der Waals surface area contributed by atoms with E-state index in [1.807, 2.05) is 48.5 Å². The Kier molecular flexibility index (Phi) is 3.02. The maximum Gasteiger partial charge on any atom is 0.126 e. The van der Waals surface area contributed by atoms with Crippen LogP contribution in [-0.2, 0) is 6.54 Å². The zero-order valence-corrected chi connectivity index (χ0v) is 10.5. The summed E-state index contributed by atoms with van der Waals surface area (Å²) in [6.07, 6.45) is 0. The minimum atomic E-state index is 0.679. The molecule has 0 aliphatic rings. The molecule has 1 aromatic heterocycles. The quantitative estimate of drug-likeness (QED) is 0.699. The van der Waals surface area contributed by atoms with Gasteiger partial charge in [0, 0.05) is 17.6 Å². The summed E-state index contributed by atoms with van der Waals surface area (Å²) in [5, 5.41) is 4.45. The highest BCUT2D eigenvalue weighted by atomic mass is 15.0. The number of fused-ring (bicyclic) bond motifs is 1. The van der Waals surface area contributed by atoms with E-state index in [2.05, 4.69) is 22.4 Å². The van der Waals surface area contributed by atoms with Crippen LogP contribution in [-0.4, -0.2) is 4.98 Å². The molecule has 0 aliphatic carbocycles. The van der Waals surface area contributed by atoms with Crippen molar-refractivity contribution in [1.29, 1.82) is 0 Å². The average Bonchev–Trinajstić information content (AvgIpc) is 2.46. The molecule has 0 unspecified atom stereocenters. The molecule has 3 aromatic rings. The standard InChI is InChI=1S/C16H15N3/c17-14-7-3-1-6-13(14)11-18-16-10-9-12-5-2-4-8-15(12)19-16/h1-10H,11,17H2,(H,18,19). The van der Waals surface area contributed by atoms with Crippen molar-refractivity contribution in [3.63, 3.8) is 0 Å². The Hall–Kier alpha value is -2.55. The van der Waals surface area contributed by atoms with Crippen LogP contribution in [0.15, 0.2) is 60.7 Å². The third-order valence-corrected chi connectivity index (χ3v) is 3.11. The molecule has 2 aromatic carbocycles. The van der Waals surface area contributed by atoms with E-state index in [9.17, 15) is 0 Å². The lowest BCUT2D eigenvalue weighted by Crippen LogP contribution is -2.03. The molecular formula is C16H15N3. The van der Waals surface area contributed by atoms with Crippen LogP contribution in [0, 0.1) is 0 Å². The zero-order valence-electron chi connectivity index (χ0n) is 10.5. The predicted octanol–water partition coefficient (Wildman–Crippen LogP) is 3.43. The van der Waals surface area contributed by atoms with E-state index in [1.165, 1.54) is 0 Å². The first-order valence-electron chi connectivity index (χ1n) is 6.26. The lowest BCUT2D eigenvalue weighted by Gasteiger charge is -2.08. The van der Waals surface area contributed by atoms with E-state index < -0.39 is 0 Å². The molecule has 1 heterocycles. The Balaban J connectivity index is 1.80. The number of nitrogen functional groups attached to an aromatic ring is 1. The average molecular weight is 249 g/mol. The number of anilines is 2. The van der Waals surface area contributed by atoms with Crippen molar-refractivity contribution >= 4 is 22.4 Å². The van der Waals surface area contributed by atoms with Gasteiger partial charge in [0.25, 0.3) is 0 Å². The number of para-hydroxylation sites is 2. The van der Waals surface area contributed by atoms with E-state index in [0.717, 1.165) is 28.0 Å². The van der Waals surface area contributed by atoms with E-state index in [0.29, 0.717) is 6.54 Å². The van der Waals surface area contributed by atoms with Gasteiger partial charge in [0.2, 0.25) is 0 Å². The summed E-state index contributed by atoms with van der Waals surface area (Å²) in [6, 6.07) is 20.0. The fourth-order valence-corrected chi connectivity index (χ4v) is 2.05. The van der Waals surface area contributed by atoms with Gasteiger partial charge in [-0.15, -0.1) is 0 Å². The van der Waals surface area contributed by atoms with Gasteiger partial charge in [-0.2, -0.15) is 0 Å². The highest BCUT2D eigenvalue weighted by Crippen LogP contribution is 2.16. The molecule has 0 fully saturated rings. The first-order valence-corrected chi connectivity index (χ1v) is 6.26. The molecule has 19 heavy (non-hydrogen) atoms. The van der Waals surface area contributed by atoms with Gasteiger partial charge in [0.15, 0.2) is 0 Å². The predicted molar refractivity (Wildman–Crippen MR) is 79.9 cm³/mol. The third kappa shape index (κ3) is 2.50. The number of aromatic nitrogens is 1. The lowest BCUT2D eigenvalue weighted by molar-refractivity contribution is 1.13. The molecule has 0 aliphatic heterocycles. The Morgan fingerprint density at radius 1 is 0.895 bits per heavy atom. The SMILES string of the molecule is Nc1ccccc1CNc1ccc2ccccc2n1. The van der Waals surface area contributed by atoms with E-state index >= 15 is 0 Å². The van der Waals surface area contributed by atoms with Gasteiger partial charge in [0.1, 0.15) is 5.82 Å². The van der Waals surface area contributed by atoms with Gasteiger partial charge in [-0.25, -0.2) is 4.98 Å². The van der Waals surface area contributed by atoms with Crippen LogP contribution in [0.25, 0.3) is 10.9 Å². The second kappa shape index (κ2) is 4.98. The van der Waals surface area contributed by atoms with Gasteiger partial charge in [-0.3, -0.25) is 0 Å². The second-order valence-electron chi connectivity index (χ2n) is 4.44. The molecule has 0 saturated carbocycles. The maximum atomic E-state index is 5.91. The van der Waals surface area contributed by atoms with Crippen LogP contribution in [0.3, 0.4) is 0 Å². The Morgan fingerprint density at radius 3 is 2.58 bits per heavy atom. The number of nitrogens with two attached hydrogens (primary N) is 1. The lowest BCUT2D eigenvalue weighted by atomic mass is 10.2. The summed E-state index contributed by atoms with van der Waals surface area (Å²) >= 11 is 0. The topological polar surface area (TPSA) is 50.9 Å². The van der Waals surface area contributed by atoms with Gasteiger partial charge in [0.05, 0.1) is 5.52 Å². The second-order valence-corrected chi connectivity index (χ2v) is 4.44. The Morgan fingerprint density at radius 2 is 1.68 bits per heavy atom. The van der Waals surface area contributed by atoms with Gasteiger partial charge in [-0.1, -0.05) is 36.4 Å². The van der Waals surface area contributed by atoms with Crippen molar-refractivity contribution in [3.8, 4) is 0 Å². The van der Waals surface area contributed by atoms with Crippen molar-refractivity contribution in [1.82, 2.24) is 4.98 Å². The van der Waals surface area contributed by atoms with E-state index in [4.69, 9.17) is 5.73 Å². The Labute approximate surface area is 112 Å². The number of nitrogens with zero attached hydrogens (tertiary/aromatic N) is 1. The van der Waals surface area contributed by atoms with Crippen LogP contribution in [0.4, 0.5) is 11.5 Å². The summed E-state index contributed by atoms with van der Waals surface area (Å²) in [5.41, 5.74) is 8.79. The highest BCUT2D eigenvalue weighted by molar-refractivity contribution is 5.80. The number of rotatable bonds is 3. The summed E-state index contributed by atoms with van der Waals surface area (Å²) in [7, 11) is 0. The van der Waals surface area contributed by atoms with Crippen LogP contribution in [0.5, 0.6) is 0 Å². The van der Waals surface area contributed by atoms with Crippen molar-refractivity contribution in [3.05, 3.63) is 66.2 Å². The van der Waals surface area contributed by atoms with Crippen LogP contribution in [0.2, 0.25) is 0 Å². The monoisotopic (exact) mass is 249 g/mol. The summed E-state index contributed by atoms with van der Waals surface area (Å²) in [5.74, 6) is 0.863. The van der Waals surface area contributed by atoms with Gasteiger partial charge < -0.3 is 11.1 Å². The molecule has 0 spiro atoms. The van der Waals surface area contributed by atoms with E-state index in [-0.39, 0.29) is 0 Å². The minimum absolute atomic E-state index is 0.679. The molecule has 3 rings (SSSR count). The van der Waals surface area contributed by atoms with Gasteiger partial charge in [-0.05, 0) is 29.8 Å². The maximum absolute atomic E-state index is 5.91. The smallest absolute Gasteiger partial charge is 0.126 e. The number of benzene rings is 2. The molecule has 0 bridgehead atoms. The molecule has 94 valence electrons. The first kappa shape index (κ1) is 11.5. The normalized spacial score (nSPS) is 10.5. The van der Waals surface area contributed by atoms with Gasteiger partial charge >= 0.3 is 0 Å². The largest absolute Gasteiger partial charge is 0.398 e. The van der Waals surface area contributed by atoms with Crippen LogP contribution in [0.1, 0.15) is 5.56 Å². The fraction of sp³-hybridized carbons (Fsp3) is 0.0625. The molecule has 3 N–H and O–H groups in total. The van der Waals surface area contributed by atoms with Crippen molar-refractivity contribution < 1.29 is 0 Å². The molecule has 0 saturated heterocycles. The molecule has 0 amide bonds.